The Balaban J connectivity index is 1.90. The summed E-state index contributed by atoms with van der Waals surface area (Å²) < 4.78 is 65.4. The number of benzene rings is 2. The number of anilines is 2. The lowest BCUT2D eigenvalue weighted by atomic mass is 10.2. The zero-order valence-electron chi connectivity index (χ0n) is 16.0. The highest BCUT2D eigenvalue weighted by Gasteiger charge is 2.31. The van der Waals surface area contributed by atoms with Crippen LogP contribution in [0.5, 0.6) is 0 Å². The summed E-state index contributed by atoms with van der Waals surface area (Å²) in [6, 6.07) is 13.7. The van der Waals surface area contributed by atoms with Gasteiger partial charge in [0.05, 0.1) is 16.1 Å². The summed E-state index contributed by atoms with van der Waals surface area (Å²) in [6.45, 7) is 0. The van der Waals surface area contributed by atoms with Gasteiger partial charge in [-0.05, 0) is 36.4 Å². The average molecular weight is 451 g/mol. The number of carbonyl (C=O) groups is 1. The predicted molar refractivity (Wildman–Crippen MR) is 108 cm³/mol. The Labute approximate surface area is 175 Å². The third kappa shape index (κ3) is 4.77. The van der Waals surface area contributed by atoms with Crippen LogP contribution in [0, 0.1) is 0 Å². The summed E-state index contributed by atoms with van der Waals surface area (Å²) in [5.41, 5.74) is -2.46. The highest BCUT2D eigenvalue weighted by Crippen LogP contribution is 2.29. The third-order valence-electron chi connectivity index (χ3n) is 4.35. The number of hydrogen-bond acceptors (Lipinski definition) is 4. The van der Waals surface area contributed by atoms with E-state index in [1.807, 2.05) is 4.98 Å². The van der Waals surface area contributed by atoms with E-state index in [2.05, 4.69) is 5.32 Å². The van der Waals surface area contributed by atoms with Crippen molar-refractivity contribution < 1.29 is 26.4 Å². The van der Waals surface area contributed by atoms with Crippen LogP contribution < -0.4 is 15.2 Å². The zero-order chi connectivity index (χ0) is 22.8. The molecule has 1 aromatic heterocycles. The topological polar surface area (TPSA) is 99.3 Å². The van der Waals surface area contributed by atoms with Crippen LogP contribution >= 0.6 is 0 Å². The minimum atomic E-state index is -4.72. The molecule has 31 heavy (non-hydrogen) atoms. The van der Waals surface area contributed by atoms with E-state index in [1.54, 1.807) is 30.3 Å². The molecule has 0 aliphatic carbocycles. The van der Waals surface area contributed by atoms with Crippen molar-refractivity contribution in [3.63, 3.8) is 0 Å². The molecule has 0 atom stereocenters. The number of carbonyl (C=O) groups excluding carboxylic acids is 1. The maximum atomic E-state index is 12.9. The summed E-state index contributed by atoms with van der Waals surface area (Å²) in [6.07, 6.45) is -4.23. The van der Waals surface area contributed by atoms with Gasteiger partial charge in [-0.3, -0.25) is 13.9 Å². The molecule has 2 N–H and O–H groups in total. The second-order valence-electron chi connectivity index (χ2n) is 6.42. The van der Waals surface area contributed by atoms with Crippen molar-refractivity contribution in [3.05, 3.63) is 88.3 Å². The number of aromatic amines is 1. The Morgan fingerprint density at radius 3 is 2.35 bits per heavy atom. The monoisotopic (exact) mass is 451 g/mol. The lowest BCUT2D eigenvalue weighted by molar-refractivity contribution is -0.137. The minimum absolute atomic E-state index is 0.153. The van der Waals surface area contributed by atoms with Crippen molar-refractivity contribution in [1.82, 2.24) is 4.98 Å². The fourth-order valence-corrected chi connectivity index (χ4v) is 3.91. The summed E-state index contributed by atoms with van der Waals surface area (Å²) in [7, 11) is -2.67. The van der Waals surface area contributed by atoms with Crippen molar-refractivity contribution in [1.29, 1.82) is 0 Å². The van der Waals surface area contributed by atoms with Gasteiger partial charge in [0.25, 0.3) is 21.5 Å². The van der Waals surface area contributed by atoms with Crippen molar-refractivity contribution in [2.45, 2.75) is 11.1 Å². The van der Waals surface area contributed by atoms with Gasteiger partial charge in [-0.2, -0.15) is 13.2 Å². The van der Waals surface area contributed by atoms with E-state index in [9.17, 15) is 31.2 Å². The van der Waals surface area contributed by atoms with Gasteiger partial charge in [-0.25, -0.2) is 8.42 Å². The number of H-pyrrole nitrogens is 1. The van der Waals surface area contributed by atoms with Gasteiger partial charge in [0.1, 0.15) is 5.69 Å². The van der Waals surface area contributed by atoms with E-state index in [1.165, 1.54) is 25.2 Å². The SMILES string of the molecule is CN(c1ccccc1)S(=O)(=O)c1cccc(C(=O)Nc2cc(C(F)(F)F)c[nH]c2=O)c1. The summed E-state index contributed by atoms with van der Waals surface area (Å²) in [4.78, 5) is 26.0. The molecule has 0 radical (unpaired) electrons. The van der Waals surface area contributed by atoms with Crippen LogP contribution in [0.3, 0.4) is 0 Å². The molecule has 0 fully saturated rings. The predicted octanol–water partition coefficient (Wildman–Crippen LogP) is 3.47. The minimum Gasteiger partial charge on any atom is -0.327 e. The second-order valence-corrected chi connectivity index (χ2v) is 8.39. The number of para-hydroxylation sites is 1. The Morgan fingerprint density at radius 2 is 1.71 bits per heavy atom. The van der Waals surface area contributed by atoms with Crippen LogP contribution in [0.1, 0.15) is 15.9 Å². The van der Waals surface area contributed by atoms with E-state index in [0.29, 0.717) is 18.0 Å². The van der Waals surface area contributed by atoms with E-state index in [-0.39, 0.29) is 10.5 Å². The smallest absolute Gasteiger partial charge is 0.327 e. The Kier molecular flexibility index (Phi) is 5.89. The second kappa shape index (κ2) is 8.26. The molecule has 0 unspecified atom stereocenters. The Morgan fingerprint density at radius 1 is 1.03 bits per heavy atom. The van der Waals surface area contributed by atoms with Gasteiger partial charge < -0.3 is 10.3 Å². The van der Waals surface area contributed by atoms with E-state index in [4.69, 9.17) is 0 Å². The van der Waals surface area contributed by atoms with Gasteiger partial charge in [0.2, 0.25) is 0 Å². The number of nitrogens with zero attached hydrogens (tertiary/aromatic N) is 1. The van der Waals surface area contributed by atoms with Gasteiger partial charge in [0, 0.05) is 18.8 Å². The molecular formula is C20H16F3N3O4S. The van der Waals surface area contributed by atoms with Crippen molar-refractivity contribution in [2.75, 3.05) is 16.7 Å². The normalized spacial score (nSPS) is 11.7. The Bertz CT molecular complexity index is 1270. The zero-order valence-corrected chi connectivity index (χ0v) is 16.8. The summed E-state index contributed by atoms with van der Waals surface area (Å²) >= 11 is 0. The van der Waals surface area contributed by atoms with Crippen LogP contribution in [-0.4, -0.2) is 26.4 Å². The number of pyridine rings is 1. The fourth-order valence-electron chi connectivity index (χ4n) is 2.67. The van der Waals surface area contributed by atoms with Crippen LogP contribution in [0.2, 0.25) is 0 Å². The molecule has 7 nitrogen and oxygen atoms in total. The molecule has 2 aromatic carbocycles. The summed E-state index contributed by atoms with van der Waals surface area (Å²) in [5.74, 6) is -0.941. The highest BCUT2D eigenvalue weighted by atomic mass is 32.2. The fraction of sp³-hybridized carbons (Fsp3) is 0.100. The molecule has 11 heteroatoms. The van der Waals surface area contributed by atoms with Crippen LogP contribution in [-0.2, 0) is 16.2 Å². The maximum Gasteiger partial charge on any atom is 0.417 e. The molecule has 0 bridgehead atoms. The van der Waals surface area contributed by atoms with Gasteiger partial charge in [-0.15, -0.1) is 0 Å². The van der Waals surface area contributed by atoms with E-state index in [0.717, 1.165) is 10.4 Å². The number of sulfonamides is 1. The van der Waals surface area contributed by atoms with Crippen LogP contribution in [0.4, 0.5) is 24.5 Å². The maximum absolute atomic E-state index is 12.9. The van der Waals surface area contributed by atoms with E-state index < -0.39 is 38.9 Å². The number of aromatic nitrogens is 1. The molecule has 0 spiro atoms. The third-order valence-corrected chi connectivity index (χ3v) is 6.13. The molecule has 1 heterocycles. The first-order valence-corrected chi connectivity index (χ1v) is 10.2. The molecule has 0 saturated heterocycles. The molecular weight excluding hydrogens is 435 g/mol. The first kappa shape index (κ1) is 22.1. The highest BCUT2D eigenvalue weighted by molar-refractivity contribution is 7.92. The van der Waals surface area contributed by atoms with Gasteiger partial charge in [-0.1, -0.05) is 24.3 Å². The number of rotatable bonds is 5. The van der Waals surface area contributed by atoms with Crippen LogP contribution in [0.15, 0.2) is 76.6 Å². The van der Waals surface area contributed by atoms with Crippen molar-refractivity contribution in [3.8, 4) is 0 Å². The number of amides is 1. The molecule has 0 aliphatic heterocycles. The number of nitrogens with one attached hydrogen (secondary N) is 2. The molecule has 3 aromatic rings. The molecule has 3 rings (SSSR count). The molecule has 0 aliphatic rings. The van der Waals surface area contributed by atoms with Crippen LogP contribution in [0.25, 0.3) is 0 Å². The number of halogens is 3. The first-order valence-electron chi connectivity index (χ1n) is 8.75. The quantitative estimate of drug-likeness (QED) is 0.621. The van der Waals surface area contributed by atoms with Crippen molar-refractivity contribution >= 4 is 27.3 Å². The summed E-state index contributed by atoms with van der Waals surface area (Å²) in [5, 5.41) is 2.09. The lowest BCUT2D eigenvalue weighted by Crippen LogP contribution is -2.27. The molecule has 162 valence electrons. The standard InChI is InChI=1S/C20H16F3N3O4S/c1-26(15-7-3-2-4-8-15)31(29,30)16-9-5-6-13(10-16)18(27)25-17-11-14(20(21,22)23)12-24-19(17)28/h2-12H,1H3,(H,24,28)(H,25,27). The van der Waals surface area contributed by atoms with Gasteiger partial charge >= 0.3 is 6.18 Å². The lowest BCUT2D eigenvalue weighted by Gasteiger charge is -2.19. The first-order chi connectivity index (χ1) is 14.5. The number of alkyl halides is 3. The average Bonchev–Trinajstić information content (AvgIpc) is 2.74. The molecule has 0 saturated carbocycles. The van der Waals surface area contributed by atoms with E-state index >= 15 is 0 Å². The number of hydrogen-bond donors (Lipinski definition) is 2. The molecule has 1 amide bonds. The van der Waals surface area contributed by atoms with Crippen molar-refractivity contribution in [2.24, 2.45) is 0 Å². The largest absolute Gasteiger partial charge is 0.417 e. The Hall–Kier alpha value is -3.60. The van der Waals surface area contributed by atoms with Gasteiger partial charge in [0.15, 0.2) is 0 Å².